The second-order valence-corrected chi connectivity index (χ2v) is 27.4. The molecule has 0 aromatic rings. The number of unbranched alkanes of at least 4 members (excludes halogenated alkanes) is 60. The lowest BCUT2D eigenvalue weighted by Gasteiger charge is -2.22. The molecule has 2 atom stereocenters. The van der Waals surface area contributed by atoms with E-state index in [2.05, 4.69) is 43.5 Å². The molecule has 0 aliphatic rings. The second kappa shape index (κ2) is 75.8. The number of carbonyl (C=O) groups is 2. The number of esters is 1. The van der Waals surface area contributed by atoms with Crippen LogP contribution in [0.3, 0.4) is 0 Å². The predicted octanol–water partition coefficient (Wildman–Crippen LogP) is 26.0. The SMILES string of the molecule is CCCCCCCC/C=C\CCCCCCCCCC(=O)OCCCCCCCCCCCCCC/C=C\CCCCCCCCCCCCCCCCCCCC(=O)NC(CO)C(O)CCCCCCCCCCCCCCCCCCCCC. The van der Waals surface area contributed by atoms with E-state index in [0.29, 0.717) is 25.9 Å². The van der Waals surface area contributed by atoms with Gasteiger partial charge in [0.1, 0.15) is 0 Å². The Balaban J connectivity index is 3.34. The molecule has 0 heterocycles. The van der Waals surface area contributed by atoms with Gasteiger partial charge in [-0.2, -0.15) is 0 Å². The molecular formula is C80H155NO5. The molecule has 0 fully saturated rings. The van der Waals surface area contributed by atoms with Crippen molar-refractivity contribution >= 4 is 11.9 Å². The summed E-state index contributed by atoms with van der Waals surface area (Å²) in [4.78, 5) is 24.7. The van der Waals surface area contributed by atoms with E-state index in [1.165, 1.54) is 372 Å². The largest absolute Gasteiger partial charge is 0.466 e. The summed E-state index contributed by atoms with van der Waals surface area (Å²) in [7, 11) is 0. The first-order valence-corrected chi connectivity index (χ1v) is 39.6. The van der Waals surface area contributed by atoms with E-state index >= 15 is 0 Å². The Hall–Kier alpha value is -1.66. The molecule has 0 saturated heterocycles. The summed E-state index contributed by atoms with van der Waals surface area (Å²) < 4.78 is 5.51. The molecule has 6 nitrogen and oxygen atoms in total. The van der Waals surface area contributed by atoms with Crippen molar-refractivity contribution in [3.8, 4) is 0 Å². The molecule has 0 aliphatic carbocycles. The molecule has 0 radical (unpaired) electrons. The molecule has 6 heteroatoms. The van der Waals surface area contributed by atoms with Crippen LogP contribution in [-0.2, 0) is 14.3 Å². The van der Waals surface area contributed by atoms with Crippen molar-refractivity contribution in [2.75, 3.05) is 13.2 Å². The quantitative estimate of drug-likeness (QED) is 0.0320. The lowest BCUT2D eigenvalue weighted by molar-refractivity contribution is -0.143. The molecule has 0 aliphatic heterocycles. The first-order valence-electron chi connectivity index (χ1n) is 39.6. The fourth-order valence-electron chi connectivity index (χ4n) is 12.7. The number of aliphatic hydroxyl groups excluding tert-OH is 2. The third-order valence-electron chi connectivity index (χ3n) is 18.7. The molecule has 0 aromatic carbocycles. The average molecular weight is 1210 g/mol. The zero-order chi connectivity index (χ0) is 62.0. The van der Waals surface area contributed by atoms with Gasteiger partial charge in [0.15, 0.2) is 0 Å². The van der Waals surface area contributed by atoms with Gasteiger partial charge in [0.2, 0.25) is 5.91 Å². The lowest BCUT2D eigenvalue weighted by Crippen LogP contribution is -2.45. The Labute approximate surface area is 539 Å². The van der Waals surface area contributed by atoms with Crippen molar-refractivity contribution < 1.29 is 24.5 Å². The van der Waals surface area contributed by atoms with Crippen LogP contribution in [-0.4, -0.2) is 47.4 Å². The summed E-state index contributed by atoms with van der Waals surface area (Å²) in [6.45, 7) is 5.00. The maximum Gasteiger partial charge on any atom is 0.305 e. The highest BCUT2D eigenvalue weighted by molar-refractivity contribution is 5.76. The van der Waals surface area contributed by atoms with Crippen LogP contribution in [0.5, 0.6) is 0 Å². The van der Waals surface area contributed by atoms with Crippen LogP contribution in [0.4, 0.5) is 0 Å². The number of aliphatic hydroxyl groups is 2. The molecule has 0 bridgehead atoms. The first kappa shape index (κ1) is 84.3. The Morgan fingerprint density at radius 2 is 0.547 bits per heavy atom. The molecule has 3 N–H and O–H groups in total. The molecule has 510 valence electrons. The number of ether oxygens (including phenoxy) is 1. The highest BCUT2D eigenvalue weighted by atomic mass is 16.5. The van der Waals surface area contributed by atoms with Gasteiger partial charge in [0.05, 0.1) is 25.4 Å². The highest BCUT2D eigenvalue weighted by Crippen LogP contribution is 2.20. The summed E-state index contributed by atoms with van der Waals surface area (Å²) in [6.07, 6.45) is 97.0. The van der Waals surface area contributed by atoms with E-state index < -0.39 is 12.1 Å². The maximum atomic E-state index is 12.6. The van der Waals surface area contributed by atoms with Crippen LogP contribution in [0.25, 0.3) is 0 Å². The van der Waals surface area contributed by atoms with E-state index in [1.807, 2.05) is 0 Å². The number of hydrogen-bond acceptors (Lipinski definition) is 5. The Morgan fingerprint density at radius 3 is 0.826 bits per heavy atom. The van der Waals surface area contributed by atoms with Gasteiger partial charge in [-0.1, -0.05) is 385 Å². The van der Waals surface area contributed by atoms with Crippen LogP contribution in [0.2, 0.25) is 0 Å². The van der Waals surface area contributed by atoms with Gasteiger partial charge in [-0.05, 0) is 77.0 Å². The minimum Gasteiger partial charge on any atom is -0.466 e. The summed E-state index contributed by atoms with van der Waals surface area (Å²) in [6, 6.07) is -0.540. The Morgan fingerprint density at radius 1 is 0.314 bits per heavy atom. The van der Waals surface area contributed by atoms with E-state index in [1.54, 1.807) is 0 Å². The molecular weight excluding hydrogens is 1050 g/mol. The topological polar surface area (TPSA) is 95.9 Å². The molecule has 0 rings (SSSR count). The van der Waals surface area contributed by atoms with Gasteiger partial charge in [-0.25, -0.2) is 0 Å². The third kappa shape index (κ3) is 71.4. The van der Waals surface area contributed by atoms with E-state index in [0.717, 1.165) is 44.9 Å². The van der Waals surface area contributed by atoms with Gasteiger partial charge in [0, 0.05) is 12.8 Å². The molecule has 1 amide bonds. The molecule has 0 aromatic heterocycles. The smallest absolute Gasteiger partial charge is 0.305 e. The van der Waals surface area contributed by atoms with E-state index in [9.17, 15) is 19.8 Å². The molecule has 0 spiro atoms. The number of rotatable bonds is 75. The van der Waals surface area contributed by atoms with Crippen molar-refractivity contribution in [3.05, 3.63) is 24.3 Å². The molecule has 0 saturated carbocycles. The average Bonchev–Trinajstić information content (AvgIpc) is 3.55. The van der Waals surface area contributed by atoms with Gasteiger partial charge in [-0.3, -0.25) is 9.59 Å². The summed E-state index contributed by atoms with van der Waals surface area (Å²) in [5, 5.41) is 23.4. The van der Waals surface area contributed by atoms with Crippen LogP contribution in [0.1, 0.15) is 450 Å². The predicted molar refractivity (Wildman–Crippen MR) is 380 cm³/mol. The number of carbonyl (C=O) groups excluding carboxylic acids is 2. The van der Waals surface area contributed by atoms with Crippen molar-refractivity contribution in [1.29, 1.82) is 0 Å². The standard InChI is InChI=1S/C80H155NO5/c1-3-5-7-9-11-13-15-17-19-21-37-41-44-48-52-56-60-64-68-72-78(83)77(76-82)81-79(84)73-69-65-61-57-53-49-45-42-38-35-33-31-29-27-25-23-22-24-26-28-30-32-34-36-39-43-47-51-55-59-63-67-71-75-86-80(85)74-70-66-62-58-54-50-46-40-20-18-16-14-12-10-8-6-4-2/h18,20,26,28,77-78,82-83H,3-17,19,21-25,27,29-76H2,1-2H3,(H,81,84)/b20-18-,28-26-. The number of amides is 1. The number of nitrogens with one attached hydrogen (secondary N) is 1. The fraction of sp³-hybridized carbons (Fsp3) is 0.925. The molecule has 86 heavy (non-hydrogen) atoms. The normalized spacial score (nSPS) is 12.6. The van der Waals surface area contributed by atoms with Crippen molar-refractivity contribution in [1.82, 2.24) is 5.32 Å². The fourth-order valence-corrected chi connectivity index (χ4v) is 12.7. The zero-order valence-corrected chi connectivity index (χ0v) is 58.6. The van der Waals surface area contributed by atoms with Crippen LogP contribution in [0.15, 0.2) is 24.3 Å². The zero-order valence-electron chi connectivity index (χ0n) is 58.6. The van der Waals surface area contributed by atoms with Gasteiger partial charge in [0.25, 0.3) is 0 Å². The summed E-state index contributed by atoms with van der Waals surface area (Å²) in [5.41, 5.74) is 0. The second-order valence-electron chi connectivity index (χ2n) is 27.4. The number of allylic oxidation sites excluding steroid dienone is 4. The highest BCUT2D eigenvalue weighted by Gasteiger charge is 2.20. The van der Waals surface area contributed by atoms with Crippen molar-refractivity contribution in [3.63, 3.8) is 0 Å². The molecule has 2 unspecified atom stereocenters. The minimum absolute atomic E-state index is 0.0164. The van der Waals surface area contributed by atoms with Gasteiger partial charge in [-0.15, -0.1) is 0 Å². The third-order valence-corrected chi connectivity index (χ3v) is 18.7. The van der Waals surface area contributed by atoms with Crippen molar-refractivity contribution in [2.45, 2.75) is 463 Å². The van der Waals surface area contributed by atoms with Crippen molar-refractivity contribution in [2.24, 2.45) is 0 Å². The lowest BCUT2D eigenvalue weighted by atomic mass is 10.0. The Bertz CT molecular complexity index is 1350. The number of hydrogen-bond donors (Lipinski definition) is 3. The van der Waals surface area contributed by atoms with Crippen LogP contribution in [0, 0.1) is 0 Å². The van der Waals surface area contributed by atoms with E-state index in [-0.39, 0.29) is 18.5 Å². The van der Waals surface area contributed by atoms with Crippen LogP contribution >= 0.6 is 0 Å². The Kier molecular flexibility index (Phi) is 74.3. The van der Waals surface area contributed by atoms with Gasteiger partial charge < -0.3 is 20.3 Å². The summed E-state index contributed by atoms with van der Waals surface area (Å²) >= 11 is 0. The first-order chi connectivity index (χ1) is 42.5. The van der Waals surface area contributed by atoms with E-state index in [4.69, 9.17) is 4.74 Å². The monoisotopic (exact) mass is 1210 g/mol. The maximum absolute atomic E-state index is 12.6. The van der Waals surface area contributed by atoms with Gasteiger partial charge >= 0.3 is 5.97 Å². The van der Waals surface area contributed by atoms with Crippen LogP contribution < -0.4 is 5.32 Å². The minimum atomic E-state index is -0.663. The summed E-state index contributed by atoms with van der Waals surface area (Å²) in [5.74, 6) is -0.0107.